The van der Waals surface area contributed by atoms with Crippen LogP contribution in [-0.4, -0.2) is 22.5 Å². The van der Waals surface area contributed by atoms with Crippen molar-refractivity contribution < 1.29 is 18.3 Å². The third-order valence-corrected chi connectivity index (χ3v) is 3.51. The summed E-state index contributed by atoms with van der Waals surface area (Å²) in [7, 11) is 0. The fourth-order valence-corrected chi connectivity index (χ4v) is 2.27. The van der Waals surface area contributed by atoms with Gasteiger partial charge >= 0.3 is 0 Å². The van der Waals surface area contributed by atoms with E-state index in [1.807, 2.05) is 6.92 Å². The predicted octanol–water partition coefficient (Wildman–Crippen LogP) is 4.15. The van der Waals surface area contributed by atoms with Gasteiger partial charge in [-0.2, -0.15) is 0 Å². The van der Waals surface area contributed by atoms with E-state index in [9.17, 15) is 13.6 Å². The van der Waals surface area contributed by atoms with Gasteiger partial charge in [-0.3, -0.25) is 4.79 Å². The minimum absolute atomic E-state index is 0.0399. The van der Waals surface area contributed by atoms with Gasteiger partial charge in [0.2, 0.25) is 5.95 Å². The fourth-order valence-electron chi connectivity index (χ4n) is 2.27. The Morgan fingerprint density at radius 3 is 2.44 bits per heavy atom. The van der Waals surface area contributed by atoms with Crippen molar-refractivity contribution in [3.63, 3.8) is 0 Å². The molecule has 8 heteroatoms. The molecular formula is C19H16F2N4O2. The Morgan fingerprint density at radius 1 is 1.07 bits per heavy atom. The Bertz CT molecular complexity index is 928. The number of nitrogens with one attached hydrogen (secondary N) is 2. The van der Waals surface area contributed by atoms with E-state index >= 15 is 0 Å². The van der Waals surface area contributed by atoms with Crippen LogP contribution in [0.5, 0.6) is 5.75 Å². The van der Waals surface area contributed by atoms with Crippen molar-refractivity contribution in [2.45, 2.75) is 6.92 Å². The van der Waals surface area contributed by atoms with E-state index in [1.165, 1.54) is 18.3 Å². The molecule has 0 fully saturated rings. The standard InChI is InChI=1S/C19H16F2N4O2/c1-2-27-13-8-6-12(7-9-13)23-18(26)16-10-11-22-19(24-16)25-17-14(20)4-3-5-15(17)21/h3-11H,2H2,1H3,(H,23,26)(H,22,24,25). The molecule has 2 N–H and O–H groups in total. The first kappa shape index (κ1) is 18.2. The Balaban J connectivity index is 1.73. The smallest absolute Gasteiger partial charge is 0.274 e. The number of halogens is 2. The maximum atomic E-state index is 13.7. The van der Waals surface area contributed by atoms with E-state index in [0.717, 1.165) is 12.1 Å². The summed E-state index contributed by atoms with van der Waals surface area (Å²) in [6, 6.07) is 11.7. The van der Waals surface area contributed by atoms with Crippen LogP contribution in [0.4, 0.5) is 26.1 Å². The number of carbonyl (C=O) groups is 1. The number of carbonyl (C=O) groups excluding carboxylic acids is 1. The summed E-state index contributed by atoms with van der Waals surface area (Å²) in [6.07, 6.45) is 1.32. The molecule has 0 saturated heterocycles. The normalized spacial score (nSPS) is 10.3. The number of hydrogen-bond acceptors (Lipinski definition) is 5. The molecule has 2 aromatic carbocycles. The molecule has 0 aliphatic heterocycles. The third-order valence-electron chi connectivity index (χ3n) is 3.51. The van der Waals surface area contributed by atoms with E-state index in [1.54, 1.807) is 24.3 Å². The number of anilines is 3. The third kappa shape index (κ3) is 4.55. The van der Waals surface area contributed by atoms with Crippen molar-refractivity contribution in [3.8, 4) is 5.75 Å². The lowest BCUT2D eigenvalue weighted by Crippen LogP contribution is -2.15. The first-order valence-electron chi connectivity index (χ1n) is 8.15. The second-order valence-corrected chi connectivity index (χ2v) is 5.40. The van der Waals surface area contributed by atoms with E-state index in [2.05, 4.69) is 20.6 Å². The lowest BCUT2D eigenvalue weighted by atomic mass is 10.3. The summed E-state index contributed by atoms with van der Waals surface area (Å²) < 4.78 is 32.8. The molecule has 0 atom stereocenters. The summed E-state index contributed by atoms with van der Waals surface area (Å²) in [5.41, 5.74) is 0.205. The van der Waals surface area contributed by atoms with Crippen molar-refractivity contribution in [1.82, 2.24) is 9.97 Å². The van der Waals surface area contributed by atoms with Crippen molar-refractivity contribution in [2.24, 2.45) is 0 Å². The number of rotatable bonds is 6. The van der Waals surface area contributed by atoms with Crippen molar-refractivity contribution in [1.29, 1.82) is 0 Å². The second kappa shape index (κ2) is 8.22. The van der Waals surface area contributed by atoms with E-state index < -0.39 is 17.5 Å². The van der Waals surface area contributed by atoms with Gasteiger partial charge in [-0.15, -0.1) is 0 Å². The molecule has 6 nitrogen and oxygen atoms in total. The highest BCUT2D eigenvalue weighted by Crippen LogP contribution is 2.21. The zero-order valence-corrected chi connectivity index (χ0v) is 14.4. The highest BCUT2D eigenvalue weighted by molar-refractivity contribution is 6.03. The lowest BCUT2D eigenvalue weighted by Gasteiger charge is -2.09. The highest BCUT2D eigenvalue weighted by atomic mass is 19.1. The molecule has 3 rings (SSSR count). The van der Waals surface area contributed by atoms with Gasteiger partial charge in [-0.25, -0.2) is 18.7 Å². The maximum Gasteiger partial charge on any atom is 0.274 e. The SMILES string of the molecule is CCOc1ccc(NC(=O)c2ccnc(Nc3c(F)cccc3F)n2)cc1. The molecular weight excluding hydrogens is 354 g/mol. The molecule has 0 spiro atoms. The molecule has 0 aliphatic carbocycles. The van der Waals surface area contributed by atoms with Gasteiger partial charge in [-0.05, 0) is 49.4 Å². The molecule has 0 radical (unpaired) electrons. The van der Waals surface area contributed by atoms with Gasteiger partial charge in [0, 0.05) is 11.9 Å². The van der Waals surface area contributed by atoms with E-state index in [0.29, 0.717) is 18.0 Å². The molecule has 0 saturated carbocycles. The molecule has 1 amide bonds. The summed E-state index contributed by atoms with van der Waals surface area (Å²) >= 11 is 0. The number of benzene rings is 2. The summed E-state index contributed by atoms with van der Waals surface area (Å²) in [5, 5.41) is 5.13. The quantitative estimate of drug-likeness (QED) is 0.682. The average molecular weight is 370 g/mol. The molecule has 0 aliphatic rings. The van der Waals surface area contributed by atoms with Gasteiger partial charge in [0.15, 0.2) is 0 Å². The van der Waals surface area contributed by atoms with Crippen molar-refractivity contribution in [2.75, 3.05) is 17.2 Å². The topological polar surface area (TPSA) is 76.1 Å². The van der Waals surface area contributed by atoms with Gasteiger partial charge in [0.05, 0.1) is 6.61 Å². The Kier molecular flexibility index (Phi) is 5.55. The molecule has 0 bridgehead atoms. The minimum Gasteiger partial charge on any atom is -0.494 e. The molecule has 27 heavy (non-hydrogen) atoms. The zero-order chi connectivity index (χ0) is 19.2. The fraction of sp³-hybridized carbons (Fsp3) is 0.105. The van der Waals surface area contributed by atoms with Crippen LogP contribution in [0.15, 0.2) is 54.7 Å². The molecule has 1 heterocycles. The molecule has 138 valence electrons. The van der Waals surface area contributed by atoms with Gasteiger partial charge in [0.25, 0.3) is 5.91 Å². The summed E-state index contributed by atoms with van der Waals surface area (Å²) in [5.74, 6) is -1.47. The maximum absolute atomic E-state index is 13.7. The van der Waals surface area contributed by atoms with Crippen LogP contribution in [0.3, 0.4) is 0 Å². The van der Waals surface area contributed by atoms with Gasteiger partial charge < -0.3 is 15.4 Å². The van der Waals surface area contributed by atoms with Crippen LogP contribution in [0, 0.1) is 11.6 Å². The largest absolute Gasteiger partial charge is 0.494 e. The molecule has 1 aromatic heterocycles. The monoisotopic (exact) mass is 370 g/mol. The van der Waals surface area contributed by atoms with Crippen molar-refractivity contribution >= 4 is 23.2 Å². The van der Waals surface area contributed by atoms with Crippen LogP contribution >= 0.6 is 0 Å². The van der Waals surface area contributed by atoms with Crippen LogP contribution in [0.2, 0.25) is 0 Å². The van der Waals surface area contributed by atoms with Crippen LogP contribution in [0.25, 0.3) is 0 Å². The van der Waals surface area contributed by atoms with Gasteiger partial charge in [-0.1, -0.05) is 6.07 Å². The second-order valence-electron chi connectivity index (χ2n) is 5.40. The predicted molar refractivity (Wildman–Crippen MR) is 97.2 cm³/mol. The minimum atomic E-state index is -0.789. The lowest BCUT2D eigenvalue weighted by molar-refractivity contribution is 0.102. The number of amides is 1. The first-order chi connectivity index (χ1) is 13.1. The average Bonchev–Trinajstić information content (AvgIpc) is 2.67. The first-order valence-corrected chi connectivity index (χ1v) is 8.15. The number of nitrogens with zero attached hydrogens (tertiary/aromatic N) is 2. The van der Waals surface area contributed by atoms with Gasteiger partial charge in [0.1, 0.15) is 28.8 Å². The Morgan fingerprint density at radius 2 is 1.78 bits per heavy atom. The van der Waals surface area contributed by atoms with E-state index in [4.69, 9.17) is 4.74 Å². The van der Waals surface area contributed by atoms with E-state index in [-0.39, 0.29) is 17.3 Å². The number of ether oxygens (including phenoxy) is 1. The van der Waals surface area contributed by atoms with Crippen LogP contribution in [0.1, 0.15) is 17.4 Å². The van der Waals surface area contributed by atoms with Crippen LogP contribution < -0.4 is 15.4 Å². The zero-order valence-electron chi connectivity index (χ0n) is 14.4. The van der Waals surface area contributed by atoms with Crippen molar-refractivity contribution in [3.05, 3.63) is 72.1 Å². The summed E-state index contributed by atoms with van der Waals surface area (Å²) in [6.45, 7) is 2.43. The Hall–Kier alpha value is -3.55. The number of hydrogen-bond donors (Lipinski definition) is 2. The highest BCUT2D eigenvalue weighted by Gasteiger charge is 2.13. The number of para-hydroxylation sites is 1. The molecule has 3 aromatic rings. The summed E-state index contributed by atoms with van der Waals surface area (Å²) in [4.78, 5) is 20.2. The molecule has 0 unspecified atom stereocenters. The van der Waals surface area contributed by atoms with Crippen LogP contribution in [-0.2, 0) is 0 Å². The number of aromatic nitrogens is 2. The Labute approximate surface area is 154 Å².